The fourth-order valence-corrected chi connectivity index (χ4v) is 12.9. The zero-order chi connectivity index (χ0) is 49.9. The van der Waals surface area contributed by atoms with Crippen molar-refractivity contribution in [2.75, 3.05) is 86.7 Å². The van der Waals surface area contributed by atoms with Crippen LogP contribution in [0.15, 0.2) is 65.5 Å². The van der Waals surface area contributed by atoms with Crippen molar-refractivity contribution >= 4 is 97.6 Å². The molecule has 3 N–H and O–H groups in total. The summed E-state index contributed by atoms with van der Waals surface area (Å²) in [7, 11) is -1.11. The van der Waals surface area contributed by atoms with Crippen molar-refractivity contribution in [3.8, 4) is 5.75 Å². The van der Waals surface area contributed by atoms with E-state index in [9.17, 15) is 23.7 Å². The summed E-state index contributed by atoms with van der Waals surface area (Å²) in [5.41, 5.74) is 6.56. The second kappa shape index (κ2) is 19.5. The minimum Gasteiger partial charge on any atom is -0.494 e. The van der Waals surface area contributed by atoms with Gasteiger partial charge < -0.3 is 29.7 Å². The summed E-state index contributed by atoms with van der Waals surface area (Å²) in [5, 5.41) is 9.67. The second-order valence-corrected chi connectivity index (χ2v) is 23.9. The maximum absolute atomic E-state index is 13.6. The van der Waals surface area contributed by atoms with Gasteiger partial charge in [-0.2, -0.15) is 4.98 Å². The predicted octanol–water partition coefficient (Wildman–Crippen LogP) is 6.39. The number of piperidine rings is 2. The molecule has 0 radical (unpaired) electrons. The number of halogens is 1. The molecule has 20 heteroatoms. The Hall–Kier alpha value is -6.01. The Labute approximate surface area is 421 Å². The third-order valence-electron chi connectivity index (χ3n) is 14.8. The number of carbonyl (C=O) groups excluding carboxylic acids is 4. The van der Waals surface area contributed by atoms with Crippen molar-refractivity contribution in [2.24, 2.45) is 5.92 Å². The van der Waals surface area contributed by atoms with Crippen LogP contribution in [0.5, 0.6) is 5.75 Å². The number of benzene rings is 3. The average Bonchev–Trinajstić information content (AvgIpc) is 3.58. The summed E-state index contributed by atoms with van der Waals surface area (Å²) in [6, 6.07) is 13.7. The lowest BCUT2D eigenvalue weighted by atomic mass is 9.94. The first kappa shape index (κ1) is 48.6. The molecule has 2 aromatic heterocycles. The number of aryl methyl sites for hydroxylation is 1. The van der Waals surface area contributed by atoms with Crippen LogP contribution in [0, 0.1) is 5.92 Å². The van der Waals surface area contributed by atoms with Crippen LogP contribution in [0.2, 0.25) is 0 Å². The third kappa shape index (κ3) is 9.49. The fourth-order valence-electron chi connectivity index (χ4n) is 11.3. The molecule has 10 rings (SSSR count). The van der Waals surface area contributed by atoms with Crippen LogP contribution in [0.4, 0.5) is 34.5 Å². The molecule has 71 heavy (non-hydrogen) atoms. The normalized spacial score (nSPS) is 21.7. The van der Waals surface area contributed by atoms with Crippen LogP contribution in [0.1, 0.15) is 72.7 Å². The number of aromatic nitrogens is 4. The van der Waals surface area contributed by atoms with Gasteiger partial charge in [0.2, 0.25) is 17.8 Å². The van der Waals surface area contributed by atoms with Gasteiger partial charge in [0.15, 0.2) is 0 Å². The first-order chi connectivity index (χ1) is 34.1. The first-order valence-corrected chi connectivity index (χ1v) is 27.9. The summed E-state index contributed by atoms with van der Waals surface area (Å²) in [6.45, 7) is 17.0. The molecule has 4 saturated heterocycles. The van der Waals surface area contributed by atoms with E-state index in [0.717, 1.165) is 81.4 Å². The summed E-state index contributed by atoms with van der Waals surface area (Å²) in [6.07, 6.45) is 8.12. The van der Waals surface area contributed by atoms with E-state index in [0.29, 0.717) is 79.2 Å². The quantitative estimate of drug-likeness (QED) is 0.0866. The smallest absolute Gasteiger partial charge is 0.262 e. The highest BCUT2D eigenvalue weighted by molar-refractivity contribution is 9.10. The third-order valence-corrected chi connectivity index (χ3v) is 17.0. The molecule has 18 nitrogen and oxygen atoms in total. The molecule has 5 aromatic rings. The minimum atomic E-state index is -2.79. The molecule has 3 unspecified atom stereocenters. The number of carbonyl (C=O) groups is 4. The number of hydrogen-bond donors (Lipinski definition) is 3. The number of nitrogens with zero attached hydrogens (tertiary/aromatic N) is 9. The largest absolute Gasteiger partial charge is 0.494 e. The molecule has 3 aromatic carbocycles. The SMILES string of the molecule is CCc1cc(Nc2ncc(Br)c(Nc3ccc4nccnc4c3P(C)(C)=O)n2)c(OC)cc1N1CCC(N2CC(C)N(CC3CN(c4ccc5c(c4)C(=O)N(C4CCC(=O)NC4=O)C5=O)C3)C(C)C2)CC1. The average molecular weight is 1050 g/mol. The first-order valence-electron chi connectivity index (χ1n) is 24.5. The number of hydrogen-bond acceptors (Lipinski definition) is 16. The van der Waals surface area contributed by atoms with Crippen molar-refractivity contribution in [2.45, 2.75) is 77.0 Å². The molecule has 0 spiro atoms. The van der Waals surface area contributed by atoms with Crippen LogP contribution in [0.3, 0.4) is 0 Å². The number of nitrogens with one attached hydrogen (secondary N) is 3. The van der Waals surface area contributed by atoms with Gasteiger partial charge in [0.05, 0.1) is 44.9 Å². The van der Waals surface area contributed by atoms with Gasteiger partial charge >= 0.3 is 0 Å². The molecule has 7 heterocycles. The summed E-state index contributed by atoms with van der Waals surface area (Å²) < 4.78 is 20.2. The molecule has 3 atom stereocenters. The lowest BCUT2D eigenvalue weighted by Crippen LogP contribution is -2.63. The van der Waals surface area contributed by atoms with E-state index in [1.807, 2.05) is 18.2 Å². The second-order valence-electron chi connectivity index (χ2n) is 19.9. The monoisotopic (exact) mass is 1050 g/mol. The topological polar surface area (TPSA) is 198 Å². The van der Waals surface area contributed by atoms with E-state index in [2.05, 4.69) is 99.3 Å². The van der Waals surface area contributed by atoms with Crippen molar-refractivity contribution in [3.05, 3.63) is 82.2 Å². The summed E-state index contributed by atoms with van der Waals surface area (Å²) in [4.78, 5) is 80.4. The molecular weight excluding hydrogens is 988 g/mol. The van der Waals surface area contributed by atoms with Crippen LogP contribution in [-0.2, 0) is 20.6 Å². The Morgan fingerprint density at radius 1 is 0.845 bits per heavy atom. The zero-order valence-corrected chi connectivity index (χ0v) is 43.4. The fraction of sp³-hybridized carbons (Fsp3) is 0.451. The lowest BCUT2D eigenvalue weighted by molar-refractivity contribution is -0.136. The van der Waals surface area contributed by atoms with E-state index in [1.165, 1.54) is 11.3 Å². The maximum Gasteiger partial charge on any atom is 0.262 e. The van der Waals surface area contributed by atoms with Crippen molar-refractivity contribution in [1.82, 2.24) is 40.0 Å². The molecule has 0 aliphatic carbocycles. The Kier molecular flexibility index (Phi) is 13.4. The number of fused-ring (bicyclic) bond motifs is 2. The molecule has 0 saturated carbocycles. The van der Waals surface area contributed by atoms with Gasteiger partial charge in [0.1, 0.15) is 30.3 Å². The Morgan fingerprint density at radius 3 is 2.28 bits per heavy atom. The molecule has 4 fully saturated rings. The highest BCUT2D eigenvalue weighted by atomic mass is 79.9. The molecular formula is C51H60BrN12O6P. The number of methoxy groups -OCH3 is 1. The number of imide groups is 2. The van der Waals surface area contributed by atoms with Crippen molar-refractivity contribution in [1.29, 1.82) is 0 Å². The highest BCUT2D eigenvalue weighted by Gasteiger charge is 2.45. The van der Waals surface area contributed by atoms with E-state index < -0.39 is 30.9 Å². The van der Waals surface area contributed by atoms with Gasteiger partial charge in [0, 0.05) is 112 Å². The van der Waals surface area contributed by atoms with Gasteiger partial charge in [0.25, 0.3) is 11.8 Å². The van der Waals surface area contributed by atoms with Crippen LogP contribution in [0.25, 0.3) is 11.0 Å². The van der Waals surface area contributed by atoms with Crippen LogP contribution < -0.4 is 35.8 Å². The summed E-state index contributed by atoms with van der Waals surface area (Å²) in [5.74, 6) is 0.0941. The van der Waals surface area contributed by atoms with Gasteiger partial charge in [-0.25, -0.2) is 4.98 Å². The Balaban J connectivity index is 0.736. The lowest BCUT2D eigenvalue weighted by Gasteiger charge is -2.51. The van der Waals surface area contributed by atoms with Crippen molar-refractivity contribution < 1.29 is 28.5 Å². The zero-order valence-electron chi connectivity index (χ0n) is 40.9. The molecule has 5 aliphatic heterocycles. The number of rotatable bonds is 13. The number of amides is 4. The van der Waals surface area contributed by atoms with Crippen molar-refractivity contribution in [3.63, 3.8) is 0 Å². The maximum atomic E-state index is 13.6. The van der Waals surface area contributed by atoms with Gasteiger partial charge in [-0.3, -0.25) is 49.2 Å². The number of piperazine rings is 1. The van der Waals surface area contributed by atoms with Crippen LogP contribution >= 0.6 is 23.1 Å². The van der Waals surface area contributed by atoms with Gasteiger partial charge in [-0.1, -0.05) is 6.92 Å². The minimum absolute atomic E-state index is 0.0923. The highest BCUT2D eigenvalue weighted by Crippen LogP contribution is 2.42. The van der Waals surface area contributed by atoms with E-state index in [1.54, 1.807) is 51.2 Å². The molecule has 372 valence electrons. The van der Waals surface area contributed by atoms with Gasteiger partial charge in [-0.15, -0.1) is 0 Å². The standard InChI is InChI=1S/C51H60BrN12O6P/c1-7-32-20-40(57-51-55-23-37(52)47(59-51)56-39-11-10-38-45(54-17-16-53-38)46(39)71(5,6)69)43(70-4)22-42(32)60-18-14-33(15-19-60)61-24-29(2)63(30(3)25-61)28-31-26-62(27-31)34-8-9-35-36(21-34)50(68)64(49(35)67)41-12-13-44(65)58-48(41)66/h8-11,16-17,20-23,29-31,33,41H,7,12-15,18-19,24-28H2,1-6H3,(H,58,65,66)(H2,55,56,57,59). The van der Waals surface area contributed by atoms with E-state index in [4.69, 9.17) is 9.72 Å². The van der Waals surface area contributed by atoms with Crippen LogP contribution in [-0.4, -0.2) is 149 Å². The van der Waals surface area contributed by atoms with E-state index in [-0.39, 0.29) is 18.7 Å². The predicted molar refractivity (Wildman–Crippen MR) is 279 cm³/mol. The molecule has 5 aliphatic rings. The number of ether oxygens (including phenoxy) is 1. The molecule has 0 bridgehead atoms. The van der Waals surface area contributed by atoms with E-state index >= 15 is 0 Å². The Bertz CT molecular complexity index is 2980. The van der Waals surface area contributed by atoms with Gasteiger partial charge in [-0.05, 0) is 111 Å². The summed E-state index contributed by atoms with van der Waals surface area (Å²) >= 11 is 3.61. The number of anilines is 6. The Morgan fingerprint density at radius 2 is 1.58 bits per heavy atom. The molecule has 4 amide bonds.